The highest BCUT2D eigenvalue weighted by atomic mass is 32.2. The van der Waals surface area contributed by atoms with Crippen LogP contribution in [-0.2, 0) is 16.4 Å². The van der Waals surface area contributed by atoms with Gasteiger partial charge < -0.3 is 10.6 Å². The van der Waals surface area contributed by atoms with Crippen molar-refractivity contribution in [3.63, 3.8) is 0 Å². The largest absolute Gasteiger partial charge is 0.399 e. The lowest BCUT2D eigenvalue weighted by molar-refractivity contribution is 0.599. The summed E-state index contributed by atoms with van der Waals surface area (Å²) in [7, 11) is -2.91. The van der Waals surface area contributed by atoms with Crippen LogP contribution in [0.3, 0.4) is 0 Å². The molecule has 1 aliphatic rings. The lowest BCUT2D eigenvalue weighted by Gasteiger charge is -2.30. The van der Waals surface area contributed by atoms with Crippen molar-refractivity contribution in [3.05, 3.63) is 60.2 Å². The molecule has 4 nitrogen and oxygen atoms in total. The van der Waals surface area contributed by atoms with E-state index in [0.29, 0.717) is 13.0 Å². The zero-order chi connectivity index (χ0) is 15.6. The van der Waals surface area contributed by atoms with E-state index in [0.717, 1.165) is 16.9 Å². The molecule has 2 aromatic carbocycles. The first kappa shape index (κ1) is 14.9. The number of nitrogen functional groups attached to an aromatic ring is 1. The van der Waals surface area contributed by atoms with Gasteiger partial charge in [0.05, 0.1) is 11.5 Å². The minimum Gasteiger partial charge on any atom is -0.399 e. The standard InChI is InChI=1S/C17H20N2O2S/c18-15-8-6-14(7-9-15)12-19(16-4-2-1-3-5-16)17-10-11-22(20,21)13-17/h1-9,17H,10-13,18H2/t17-/m1/s1. The van der Waals surface area contributed by atoms with E-state index in [-0.39, 0.29) is 17.5 Å². The molecule has 0 radical (unpaired) electrons. The van der Waals surface area contributed by atoms with Gasteiger partial charge in [0.25, 0.3) is 0 Å². The molecule has 116 valence electrons. The summed E-state index contributed by atoms with van der Waals surface area (Å²) in [5.74, 6) is 0.513. The van der Waals surface area contributed by atoms with E-state index in [2.05, 4.69) is 4.90 Å². The number of nitrogens with two attached hydrogens (primary N) is 1. The lowest BCUT2D eigenvalue weighted by atomic mass is 10.1. The second-order valence-electron chi connectivity index (χ2n) is 5.76. The Bertz CT molecular complexity index is 727. The second kappa shape index (κ2) is 6.01. The molecule has 0 saturated carbocycles. The van der Waals surface area contributed by atoms with Gasteiger partial charge in [0.2, 0.25) is 0 Å². The van der Waals surface area contributed by atoms with Crippen LogP contribution in [0.25, 0.3) is 0 Å². The van der Waals surface area contributed by atoms with Crippen LogP contribution >= 0.6 is 0 Å². The first-order valence-corrected chi connectivity index (χ1v) is 9.22. The Kier molecular flexibility index (Phi) is 4.07. The van der Waals surface area contributed by atoms with Crippen molar-refractivity contribution in [2.45, 2.75) is 19.0 Å². The van der Waals surface area contributed by atoms with Crippen LogP contribution in [-0.4, -0.2) is 26.0 Å². The maximum atomic E-state index is 11.8. The number of hydrogen-bond donors (Lipinski definition) is 1. The monoisotopic (exact) mass is 316 g/mol. The molecule has 22 heavy (non-hydrogen) atoms. The molecule has 1 atom stereocenters. The molecule has 3 rings (SSSR count). The number of sulfone groups is 1. The molecular formula is C17H20N2O2S. The molecular weight excluding hydrogens is 296 g/mol. The minimum absolute atomic E-state index is 0.0324. The van der Waals surface area contributed by atoms with Crippen LogP contribution in [0.5, 0.6) is 0 Å². The van der Waals surface area contributed by atoms with E-state index in [9.17, 15) is 8.42 Å². The highest BCUT2D eigenvalue weighted by molar-refractivity contribution is 7.91. The fourth-order valence-electron chi connectivity index (χ4n) is 2.89. The summed E-state index contributed by atoms with van der Waals surface area (Å²) >= 11 is 0. The molecule has 0 aliphatic carbocycles. The summed E-state index contributed by atoms with van der Waals surface area (Å²) in [5.41, 5.74) is 8.65. The van der Waals surface area contributed by atoms with Gasteiger partial charge in [-0.15, -0.1) is 0 Å². The molecule has 0 amide bonds. The Morgan fingerprint density at radius 1 is 1.05 bits per heavy atom. The predicted octanol–water partition coefficient (Wildman–Crippen LogP) is 2.46. The van der Waals surface area contributed by atoms with Crippen LogP contribution < -0.4 is 10.6 Å². The number of nitrogens with zero attached hydrogens (tertiary/aromatic N) is 1. The molecule has 5 heteroatoms. The molecule has 0 unspecified atom stereocenters. The van der Waals surface area contributed by atoms with Gasteiger partial charge in [0, 0.05) is 24.0 Å². The average molecular weight is 316 g/mol. The summed E-state index contributed by atoms with van der Waals surface area (Å²) < 4.78 is 23.7. The van der Waals surface area contributed by atoms with Crippen molar-refractivity contribution in [1.82, 2.24) is 0 Å². The zero-order valence-electron chi connectivity index (χ0n) is 12.4. The van der Waals surface area contributed by atoms with Crippen molar-refractivity contribution in [1.29, 1.82) is 0 Å². The van der Waals surface area contributed by atoms with Gasteiger partial charge in [-0.25, -0.2) is 8.42 Å². The van der Waals surface area contributed by atoms with E-state index in [1.807, 2.05) is 54.6 Å². The van der Waals surface area contributed by atoms with Crippen molar-refractivity contribution in [3.8, 4) is 0 Å². The zero-order valence-corrected chi connectivity index (χ0v) is 13.2. The predicted molar refractivity (Wildman–Crippen MR) is 90.5 cm³/mol. The fourth-order valence-corrected chi connectivity index (χ4v) is 4.62. The number of anilines is 2. The number of para-hydroxylation sites is 1. The van der Waals surface area contributed by atoms with Gasteiger partial charge in [-0.2, -0.15) is 0 Å². The van der Waals surface area contributed by atoms with Crippen molar-refractivity contribution in [2.24, 2.45) is 0 Å². The fraction of sp³-hybridized carbons (Fsp3) is 0.294. The highest BCUT2D eigenvalue weighted by Crippen LogP contribution is 2.26. The molecule has 0 spiro atoms. The maximum absolute atomic E-state index is 11.8. The summed E-state index contributed by atoms with van der Waals surface area (Å²) in [4.78, 5) is 2.19. The summed E-state index contributed by atoms with van der Waals surface area (Å²) in [6.45, 7) is 0.685. The van der Waals surface area contributed by atoms with Crippen LogP contribution in [0, 0.1) is 0 Å². The Hall–Kier alpha value is -2.01. The van der Waals surface area contributed by atoms with Crippen molar-refractivity contribution >= 4 is 21.2 Å². The molecule has 1 heterocycles. The molecule has 2 N–H and O–H groups in total. The van der Waals surface area contributed by atoms with E-state index in [1.165, 1.54) is 0 Å². The Labute approximate surface area is 131 Å². The summed E-state index contributed by atoms with van der Waals surface area (Å²) in [6.07, 6.45) is 0.687. The van der Waals surface area contributed by atoms with Gasteiger partial charge in [0.15, 0.2) is 9.84 Å². The molecule has 1 aliphatic heterocycles. The molecule has 2 aromatic rings. The third kappa shape index (κ3) is 3.42. The summed E-state index contributed by atoms with van der Waals surface area (Å²) in [6, 6.07) is 17.8. The normalized spacial score (nSPS) is 19.9. The van der Waals surface area contributed by atoms with Crippen molar-refractivity contribution in [2.75, 3.05) is 22.1 Å². The first-order chi connectivity index (χ1) is 10.5. The third-order valence-corrected chi connectivity index (χ3v) is 5.82. The number of hydrogen-bond acceptors (Lipinski definition) is 4. The molecule has 1 saturated heterocycles. The third-order valence-electron chi connectivity index (χ3n) is 4.07. The topological polar surface area (TPSA) is 63.4 Å². The first-order valence-electron chi connectivity index (χ1n) is 7.40. The van der Waals surface area contributed by atoms with Crippen LogP contribution in [0.1, 0.15) is 12.0 Å². The van der Waals surface area contributed by atoms with Gasteiger partial charge in [0.1, 0.15) is 0 Å². The second-order valence-corrected chi connectivity index (χ2v) is 7.99. The number of benzene rings is 2. The van der Waals surface area contributed by atoms with E-state index >= 15 is 0 Å². The van der Waals surface area contributed by atoms with Crippen LogP contribution in [0.2, 0.25) is 0 Å². The highest BCUT2D eigenvalue weighted by Gasteiger charge is 2.32. The molecule has 1 fully saturated rings. The van der Waals surface area contributed by atoms with Gasteiger partial charge in [-0.1, -0.05) is 30.3 Å². The van der Waals surface area contributed by atoms with Crippen LogP contribution in [0.4, 0.5) is 11.4 Å². The van der Waals surface area contributed by atoms with Gasteiger partial charge >= 0.3 is 0 Å². The average Bonchev–Trinajstić information content (AvgIpc) is 2.87. The van der Waals surface area contributed by atoms with E-state index < -0.39 is 9.84 Å². The Balaban J connectivity index is 1.88. The molecule has 0 aromatic heterocycles. The van der Waals surface area contributed by atoms with Gasteiger partial charge in [-0.3, -0.25) is 0 Å². The number of rotatable bonds is 4. The minimum atomic E-state index is -2.91. The smallest absolute Gasteiger partial charge is 0.152 e. The van der Waals surface area contributed by atoms with Crippen molar-refractivity contribution < 1.29 is 8.42 Å². The van der Waals surface area contributed by atoms with Gasteiger partial charge in [-0.05, 0) is 36.2 Å². The van der Waals surface area contributed by atoms with E-state index in [4.69, 9.17) is 5.73 Å². The Morgan fingerprint density at radius 3 is 2.32 bits per heavy atom. The van der Waals surface area contributed by atoms with E-state index in [1.54, 1.807) is 0 Å². The summed E-state index contributed by atoms with van der Waals surface area (Å²) in [5, 5.41) is 0. The SMILES string of the molecule is Nc1ccc(CN(c2ccccc2)[C@@H]2CCS(=O)(=O)C2)cc1. The Morgan fingerprint density at radius 2 is 1.73 bits per heavy atom. The maximum Gasteiger partial charge on any atom is 0.152 e. The quantitative estimate of drug-likeness (QED) is 0.880. The van der Waals surface area contributed by atoms with Crippen LogP contribution in [0.15, 0.2) is 54.6 Å². The lowest BCUT2D eigenvalue weighted by Crippen LogP contribution is -2.35. The molecule has 0 bridgehead atoms.